The normalized spacial score (nSPS) is 43.3. The Kier molecular flexibility index (Phi) is 7.83. The quantitative estimate of drug-likeness (QED) is 0.278. The molecule has 36 heavy (non-hydrogen) atoms. The first-order valence-electron chi connectivity index (χ1n) is 14.6. The average Bonchev–Trinajstić information content (AvgIpc) is 3.16. The molecule has 0 bridgehead atoms. The molecule has 4 aliphatic rings. The molecule has 0 aliphatic heterocycles. The lowest BCUT2D eigenvalue weighted by molar-refractivity contribution is -0.185. The van der Waals surface area contributed by atoms with Crippen LogP contribution in [0.5, 0.6) is 0 Å². The highest BCUT2D eigenvalue weighted by molar-refractivity contribution is 6.70. The Hall–Kier alpha value is -0.883. The van der Waals surface area contributed by atoms with Gasteiger partial charge in [0.15, 0.2) is 0 Å². The Bertz CT molecular complexity index is 868. The molecule has 0 aromatic carbocycles. The van der Waals surface area contributed by atoms with Gasteiger partial charge in [0.25, 0.3) is 0 Å². The van der Waals surface area contributed by atoms with E-state index in [1.807, 2.05) is 0 Å². The number of halogens is 1. The third kappa shape index (κ3) is 4.61. The largest absolute Gasteiger partial charge is 0.545 e. The monoisotopic (exact) mass is 522 g/mol. The zero-order chi connectivity index (χ0) is 26.6. The van der Waals surface area contributed by atoms with Crippen molar-refractivity contribution >= 4 is 14.3 Å². The van der Waals surface area contributed by atoms with Crippen molar-refractivity contribution in [1.29, 1.82) is 0 Å². The minimum Gasteiger partial charge on any atom is -0.545 e. The number of carbonyl (C=O) groups is 1. The summed E-state index contributed by atoms with van der Waals surface area (Å²) in [4.78, 5) is 11.8. The van der Waals surface area contributed by atoms with Gasteiger partial charge in [0.1, 0.15) is 11.6 Å². The standard InChI is InChI=1S/C30H51FO4Si/c1-9-19-26-27(31)23(35-36(6,7)8)15-17-30(26,4)22-14-16-29(3)20(18(2)10-13-24(32)34-5)11-12-21(29)25(22)28(19)33/h18-22,25-26,28,33H,9-17H2,1-8H3/t18-,19-,20?,21?,22?,25?,26-,28-,29-,30-/m1/s1. The summed E-state index contributed by atoms with van der Waals surface area (Å²) in [5, 5.41) is 12.0. The van der Waals surface area contributed by atoms with Crippen molar-refractivity contribution in [2.24, 2.45) is 52.3 Å². The van der Waals surface area contributed by atoms with Gasteiger partial charge in [-0.1, -0.05) is 34.1 Å². The van der Waals surface area contributed by atoms with E-state index in [1.54, 1.807) is 0 Å². The van der Waals surface area contributed by atoms with Gasteiger partial charge in [-0.05, 0) is 105 Å². The van der Waals surface area contributed by atoms with Crippen LogP contribution in [-0.4, -0.2) is 32.6 Å². The molecule has 3 fully saturated rings. The minimum atomic E-state index is -1.90. The smallest absolute Gasteiger partial charge is 0.305 e. The molecule has 0 spiro atoms. The van der Waals surface area contributed by atoms with Crippen LogP contribution >= 0.6 is 0 Å². The van der Waals surface area contributed by atoms with E-state index in [9.17, 15) is 9.90 Å². The number of allylic oxidation sites excluding steroid dienone is 2. The molecule has 206 valence electrons. The maximum absolute atomic E-state index is 16.2. The average molecular weight is 523 g/mol. The number of methoxy groups -OCH3 is 1. The molecule has 0 heterocycles. The number of rotatable bonds is 7. The van der Waals surface area contributed by atoms with Crippen molar-refractivity contribution in [2.45, 2.75) is 111 Å². The lowest BCUT2D eigenvalue weighted by Crippen LogP contribution is -2.61. The fourth-order valence-electron chi connectivity index (χ4n) is 9.71. The first kappa shape index (κ1) is 28.1. The second kappa shape index (κ2) is 10.0. The molecule has 4 rings (SSSR count). The number of carbonyl (C=O) groups excluding carboxylic acids is 1. The molecule has 0 aromatic heterocycles. The predicted molar refractivity (Wildman–Crippen MR) is 144 cm³/mol. The summed E-state index contributed by atoms with van der Waals surface area (Å²) < 4.78 is 27.4. The number of aliphatic hydroxyl groups is 1. The molecule has 0 amide bonds. The maximum Gasteiger partial charge on any atom is 0.305 e. The Morgan fingerprint density at radius 2 is 1.81 bits per heavy atom. The van der Waals surface area contributed by atoms with Crippen LogP contribution in [0.3, 0.4) is 0 Å². The molecule has 3 saturated carbocycles. The summed E-state index contributed by atoms with van der Waals surface area (Å²) in [6.07, 6.45) is 7.83. The van der Waals surface area contributed by atoms with Gasteiger partial charge in [0.05, 0.1) is 13.2 Å². The SMILES string of the molecule is CC[C@H]1[C@@H](O)C2C3CCC([C@H](C)CCC(=O)OC)[C@@]3(C)CCC2[C@@]2(C)CCC(O[Si](C)(C)C)=C(F)[C@@H]12. The summed E-state index contributed by atoms with van der Waals surface area (Å²) in [5.41, 5.74) is 0.0468. The fraction of sp³-hybridized carbons (Fsp3) is 0.900. The number of fused-ring (bicyclic) bond motifs is 5. The Labute approximate surface area is 219 Å². The summed E-state index contributed by atoms with van der Waals surface area (Å²) >= 11 is 0. The second-order valence-electron chi connectivity index (χ2n) is 14.1. The summed E-state index contributed by atoms with van der Waals surface area (Å²) in [5.74, 6) is 2.18. The topological polar surface area (TPSA) is 55.8 Å². The Balaban J connectivity index is 1.63. The van der Waals surface area contributed by atoms with Crippen molar-refractivity contribution in [3.05, 3.63) is 11.6 Å². The zero-order valence-corrected chi connectivity index (χ0v) is 25.0. The van der Waals surface area contributed by atoms with Gasteiger partial charge in [-0.3, -0.25) is 4.79 Å². The molecule has 0 aromatic rings. The molecular weight excluding hydrogens is 471 g/mol. The van der Waals surface area contributed by atoms with Crippen molar-refractivity contribution in [1.82, 2.24) is 0 Å². The number of aliphatic hydroxyl groups excluding tert-OH is 1. The third-order valence-electron chi connectivity index (χ3n) is 11.3. The van der Waals surface area contributed by atoms with Crippen LogP contribution in [0.25, 0.3) is 0 Å². The molecule has 6 heteroatoms. The van der Waals surface area contributed by atoms with Crippen molar-refractivity contribution in [3.8, 4) is 0 Å². The highest BCUT2D eigenvalue weighted by atomic mass is 28.4. The molecule has 4 aliphatic carbocycles. The van der Waals surface area contributed by atoms with Crippen LogP contribution in [0, 0.1) is 52.3 Å². The van der Waals surface area contributed by atoms with Crippen LogP contribution in [0.4, 0.5) is 4.39 Å². The Morgan fingerprint density at radius 3 is 2.42 bits per heavy atom. The molecule has 10 atom stereocenters. The van der Waals surface area contributed by atoms with Gasteiger partial charge in [-0.25, -0.2) is 4.39 Å². The third-order valence-corrected chi connectivity index (χ3v) is 12.1. The van der Waals surface area contributed by atoms with Gasteiger partial charge in [-0.15, -0.1) is 0 Å². The highest BCUT2D eigenvalue weighted by Crippen LogP contribution is 2.70. The van der Waals surface area contributed by atoms with Gasteiger partial charge >= 0.3 is 5.97 Å². The number of esters is 1. The molecule has 4 unspecified atom stereocenters. The summed E-state index contributed by atoms with van der Waals surface area (Å²) in [6, 6.07) is 0. The summed E-state index contributed by atoms with van der Waals surface area (Å²) in [7, 11) is -0.438. The molecule has 0 saturated heterocycles. The van der Waals surface area contributed by atoms with Crippen molar-refractivity contribution in [2.75, 3.05) is 7.11 Å². The second-order valence-corrected chi connectivity index (χ2v) is 18.6. The van der Waals surface area contributed by atoms with Crippen LogP contribution < -0.4 is 0 Å². The van der Waals surface area contributed by atoms with E-state index < -0.39 is 14.4 Å². The molecule has 1 N–H and O–H groups in total. The van der Waals surface area contributed by atoms with Crippen molar-refractivity contribution in [3.63, 3.8) is 0 Å². The van der Waals surface area contributed by atoms with Gasteiger partial charge in [0.2, 0.25) is 8.32 Å². The first-order chi connectivity index (χ1) is 16.8. The van der Waals surface area contributed by atoms with Crippen LogP contribution in [0.1, 0.15) is 85.5 Å². The van der Waals surface area contributed by atoms with Gasteiger partial charge < -0.3 is 14.3 Å². The Morgan fingerprint density at radius 1 is 1.14 bits per heavy atom. The van der Waals surface area contributed by atoms with E-state index in [1.165, 1.54) is 13.5 Å². The summed E-state index contributed by atoms with van der Waals surface area (Å²) in [6.45, 7) is 15.6. The first-order valence-corrected chi connectivity index (χ1v) is 18.0. The zero-order valence-electron chi connectivity index (χ0n) is 24.0. The van der Waals surface area contributed by atoms with E-state index in [2.05, 4.69) is 47.3 Å². The number of hydrogen-bond donors (Lipinski definition) is 1. The minimum absolute atomic E-state index is 0.0513. The lowest BCUT2D eigenvalue weighted by atomic mass is 9.42. The number of ether oxygens (including phenoxy) is 1. The van der Waals surface area contributed by atoms with E-state index >= 15 is 4.39 Å². The van der Waals surface area contributed by atoms with E-state index in [0.717, 1.165) is 38.5 Å². The fourth-order valence-corrected chi connectivity index (χ4v) is 10.6. The lowest BCUT2D eigenvalue weighted by Gasteiger charge is -2.63. The molecule has 0 radical (unpaired) electrons. The van der Waals surface area contributed by atoms with E-state index in [-0.39, 0.29) is 40.4 Å². The van der Waals surface area contributed by atoms with Crippen LogP contribution in [0.15, 0.2) is 11.6 Å². The van der Waals surface area contributed by atoms with Crippen LogP contribution in [0.2, 0.25) is 19.6 Å². The van der Waals surface area contributed by atoms with Crippen molar-refractivity contribution < 1.29 is 23.5 Å². The van der Waals surface area contributed by atoms with E-state index in [4.69, 9.17) is 9.16 Å². The molecule has 4 nitrogen and oxygen atoms in total. The van der Waals surface area contributed by atoms with Gasteiger partial charge in [0, 0.05) is 18.8 Å². The maximum atomic E-state index is 16.2. The number of hydrogen-bond acceptors (Lipinski definition) is 4. The van der Waals surface area contributed by atoms with Gasteiger partial charge in [-0.2, -0.15) is 0 Å². The highest BCUT2D eigenvalue weighted by Gasteiger charge is 2.65. The van der Waals surface area contributed by atoms with E-state index in [0.29, 0.717) is 42.3 Å². The predicted octanol–water partition coefficient (Wildman–Crippen LogP) is 7.48. The molecular formula is C30H51FO4Si. The van der Waals surface area contributed by atoms with Crippen LogP contribution in [-0.2, 0) is 14.0 Å².